The van der Waals surface area contributed by atoms with Crippen molar-refractivity contribution in [2.24, 2.45) is 5.92 Å². The fourth-order valence-electron chi connectivity index (χ4n) is 1.83. The van der Waals surface area contributed by atoms with Crippen molar-refractivity contribution in [3.8, 4) is 0 Å². The maximum absolute atomic E-state index is 11.9. The van der Waals surface area contributed by atoms with Crippen LogP contribution in [0.3, 0.4) is 0 Å². The van der Waals surface area contributed by atoms with Crippen molar-refractivity contribution < 1.29 is 4.79 Å². The van der Waals surface area contributed by atoms with E-state index >= 15 is 0 Å². The third kappa shape index (κ3) is 5.84. The number of rotatable bonds is 7. The molecule has 2 heterocycles. The summed E-state index contributed by atoms with van der Waals surface area (Å²) in [6.07, 6.45) is 3.18. The van der Waals surface area contributed by atoms with Gasteiger partial charge < -0.3 is 5.32 Å². The molecule has 0 bridgehead atoms. The summed E-state index contributed by atoms with van der Waals surface area (Å²) in [6.45, 7) is 4.28. The van der Waals surface area contributed by atoms with Crippen LogP contribution in [-0.2, 0) is 17.6 Å². The van der Waals surface area contributed by atoms with Crippen LogP contribution in [0.4, 0.5) is 5.13 Å². The van der Waals surface area contributed by atoms with Gasteiger partial charge in [-0.05, 0) is 46.8 Å². The molecule has 0 saturated carbocycles. The quantitative estimate of drug-likeness (QED) is 0.759. The lowest BCUT2D eigenvalue weighted by Crippen LogP contribution is -2.11. The number of nitrogens with one attached hydrogen (secondary N) is 1. The van der Waals surface area contributed by atoms with Gasteiger partial charge in [-0.1, -0.05) is 25.2 Å². The molecule has 2 aromatic rings. The van der Waals surface area contributed by atoms with E-state index in [2.05, 4.69) is 51.4 Å². The van der Waals surface area contributed by atoms with Gasteiger partial charge in [-0.25, -0.2) is 0 Å². The van der Waals surface area contributed by atoms with Gasteiger partial charge in [-0.15, -0.1) is 21.5 Å². The Bertz CT molecular complexity index is 595. The van der Waals surface area contributed by atoms with Gasteiger partial charge in [-0.2, -0.15) is 0 Å². The van der Waals surface area contributed by atoms with E-state index in [1.165, 1.54) is 16.2 Å². The van der Waals surface area contributed by atoms with Crippen LogP contribution in [0.1, 0.15) is 36.6 Å². The number of halogens is 1. The highest BCUT2D eigenvalue weighted by Crippen LogP contribution is 2.23. The van der Waals surface area contributed by atoms with E-state index in [1.807, 2.05) is 6.07 Å². The van der Waals surface area contributed by atoms with Gasteiger partial charge in [0, 0.05) is 17.7 Å². The molecule has 0 unspecified atom stereocenters. The van der Waals surface area contributed by atoms with Crippen molar-refractivity contribution >= 4 is 49.6 Å². The number of amides is 1. The third-order valence-electron chi connectivity index (χ3n) is 2.75. The topological polar surface area (TPSA) is 54.9 Å². The zero-order valence-corrected chi connectivity index (χ0v) is 15.3. The van der Waals surface area contributed by atoms with E-state index in [0.717, 1.165) is 28.1 Å². The molecule has 0 saturated heterocycles. The fourth-order valence-corrected chi connectivity index (χ4v) is 4.32. The average Bonchev–Trinajstić information content (AvgIpc) is 2.98. The van der Waals surface area contributed by atoms with Gasteiger partial charge >= 0.3 is 0 Å². The minimum absolute atomic E-state index is 0.0119. The number of aromatic nitrogens is 2. The highest BCUT2D eigenvalue weighted by Gasteiger charge is 2.09. The lowest BCUT2D eigenvalue weighted by molar-refractivity contribution is -0.116. The van der Waals surface area contributed by atoms with Gasteiger partial charge in [0.15, 0.2) is 0 Å². The summed E-state index contributed by atoms with van der Waals surface area (Å²) in [7, 11) is 0. The van der Waals surface area contributed by atoms with Crippen molar-refractivity contribution in [2.75, 3.05) is 5.32 Å². The Hall–Kier alpha value is -0.790. The molecule has 0 atom stereocenters. The number of hydrogen-bond donors (Lipinski definition) is 1. The first-order valence-electron chi connectivity index (χ1n) is 6.89. The molecular weight excluding hydrogens is 370 g/mol. The zero-order chi connectivity index (χ0) is 15.2. The summed E-state index contributed by atoms with van der Waals surface area (Å²) < 4.78 is 1.13. The summed E-state index contributed by atoms with van der Waals surface area (Å²) in [5.41, 5.74) is 0. The van der Waals surface area contributed by atoms with Gasteiger partial charge in [0.05, 0.1) is 3.79 Å². The van der Waals surface area contributed by atoms with Crippen LogP contribution in [0.25, 0.3) is 0 Å². The maximum atomic E-state index is 11.9. The Kier molecular flexibility index (Phi) is 6.32. The third-order valence-corrected chi connectivity index (χ3v) is 5.30. The number of carbonyl (C=O) groups is 1. The molecule has 21 heavy (non-hydrogen) atoms. The van der Waals surface area contributed by atoms with Gasteiger partial charge in [0.2, 0.25) is 11.0 Å². The normalized spacial score (nSPS) is 11.0. The Morgan fingerprint density at radius 3 is 2.81 bits per heavy atom. The number of aryl methyl sites for hydroxylation is 1. The molecule has 0 aliphatic heterocycles. The van der Waals surface area contributed by atoms with Crippen molar-refractivity contribution in [3.63, 3.8) is 0 Å². The van der Waals surface area contributed by atoms with Crippen molar-refractivity contribution in [2.45, 2.75) is 39.5 Å². The number of carbonyl (C=O) groups excluding carboxylic acids is 1. The van der Waals surface area contributed by atoms with E-state index in [1.54, 1.807) is 11.3 Å². The summed E-state index contributed by atoms with van der Waals surface area (Å²) in [6, 6.07) is 4.13. The van der Waals surface area contributed by atoms with Crippen LogP contribution in [-0.4, -0.2) is 16.1 Å². The van der Waals surface area contributed by atoms with Crippen LogP contribution in [0.2, 0.25) is 0 Å². The fraction of sp³-hybridized carbons (Fsp3) is 0.500. The molecule has 7 heteroatoms. The number of thiophene rings is 1. The average molecular weight is 388 g/mol. The van der Waals surface area contributed by atoms with Gasteiger partial charge in [0.25, 0.3) is 0 Å². The number of nitrogens with zero attached hydrogens (tertiary/aromatic N) is 2. The molecule has 0 aliphatic carbocycles. The van der Waals surface area contributed by atoms with E-state index in [-0.39, 0.29) is 5.91 Å². The van der Waals surface area contributed by atoms with E-state index in [4.69, 9.17) is 0 Å². The first kappa shape index (κ1) is 16.6. The van der Waals surface area contributed by atoms with Crippen molar-refractivity contribution in [1.29, 1.82) is 0 Å². The summed E-state index contributed by atoms with van der Waals surface area (Å²) >= 11 is 6.62. The smallest absolute Gasteiger partial charge is 0.226 e. The number of hydrogen-bond acceptors (Lipinski definition) is 5. The largest absolute Gasteiger partial charge is 0.301 e. The van der Waals surface area contributed by atoms with Crippen molar-refractivity contribution in [3.05, 3.63) is 25.8 Å². The minimum Gasteiger partial charge on any atom is -0.301 e. The monoisotopic (exact) mass is 387 g/mol. The van der Waals surface area contributed by atoms with E-state index in [9.17, 15) is 4.79 Å². The second-order valence-electron chi connectivity index (χ2n) is 5.21. The summed E-state index contributed by atoms with van der Waals surface area (Å²) in [4.78, 5) is 13.2. The predicted octanol–water partition coefficient (Wildman–Crippen LogP) is 4.52. The molecule has 2 rings (SSSR count). The first-order chi connectivity index (χ1) is 10.0. The lowest BCUT2D eigenvalue weighted by atomic mass is 10.1. The van der Waals surface area contributed by atoms with Gasteiger partial charge in [0.1, 0.15) is 5.01 Å². The summed E-state index contributed by atoms with van der Waals surface area (Å²) in [5, 5.41) is 12.5. The van der Waals surface area contributed by atoms with Gasteiger partial charge in [-0.3, -0.25) is 4.79 Å². The molecule has 0 aromatic carbocycles. The second kappa shape index (κ2) is 8.00. The Morgan fingerprint density at radius 1 is 1.33 bits per heavy atom. The predicted molar refractivity (Wildman–Crippen MR) is 92.0 cm³/mol. The first-order valence-corrected chi connectivity index (χ1v) is 9.32. The van der Waals surface area contributed by atoms with Crippen LogP contribution >= 0.6 is 38.6 Å². The number of anilines is 1. The zero-order valence-electron chi connectivity index (χ0n) is 12.1. The van der Waals surface area contributed by atoms with Crippen LogP contribution in [0.15, 0.2) is 15.9 Å². The second-order valence-corrected chi connectivity index (χ2v) is 8.82. The molecular formula is C14H18BrN3OS2. The lowest BCUT2D eigenvalue weighted by Gasteiger charge is -2.00. The van der Waals surface area contributed by atoms with Crippen LogP contribution < -0.4 is 5.32 Å². The molecule has 0 aliphatic rings. The Labute approximate surface area is 141 Å². The van der Waals surface area contributed by atoms with Crippen molar-refractivity contribution in [1.82, 2.24) is 10.2 Å². The molecule has 0 radical (unpaired) electrons. The van der Waals surface area contributed by atoms with Crippen LogP contribution in [0.5, 0.6) is 0 Å². The van der Waals surface area contributed by atoms with Crippen LogP contribution in [0, 0.1) is 5.92 Å². The molecule has 4 nitrogen and oxygen atoms in total. The molecule has 0 fully saturated rings. The van der Waals surface area contributed by atoms with E-state index < -0.39 is 0 Å². The Morgan fingerprint density at radius 2 is 2.14 bits per heavy atom. The molecule has 1 amide bonds. The highest BCUT2D eigenvalue weighted by atomic mass is 79.9. The molecule has 0 spiro atoms. The Balaban J connectivity index is 1.72. The molecule has 114 valence electrons. The maximum Gasteiger partial charge on any atom is 0.226 e. The molecule has 1 N–H and O–H groups in total. The standard InChI is InChI=1S/C14H18BrN3OS2/c1-9(2)8-13-17-18-14(21-13)16-12(19)5-3-4-10-6-7-11(15)20-10/h6-7,9H,3-5,8H2,1-2H3,(H,16,18,19). The molecule has 2 aromatic heterocycles. The van der Waals surface area contributed by atoms with E-state index in [0.29, 0.717) is 17.5 Å². The highest BCUT2D eigenvalue weighted by molar-refractivity contribution is 9.11. The SMILES string of the molecule is CC(C)Cc1nnc(NC(=O)CCCc2ccc(Br)s2)s1. The minimum atomic E-state index is 0.0119. The summed E-state index contributed by atoms with van der Waals surface area (Å²) in [5.74, 6) is 0.560.